The minimum absolute atomic E-state index is 0.0267. The molecular weight excluding hydrogens is 408 g/mol. The van der Waals surface area contributed by atoms with Gasteiger partial charge >= 0.3 is 5.97 Å². The number of hydrogen-bond acceptors (Lipinski definition) is 6. The quantitative estimate of drug-likeness (QED) is 0.364. The van der Waals surface area contributed by atoms with Crippen LogP contribution in [0.3, 0.4) is 0 Å². The first-order valence-electron chi connectivity index (χ1n) is 9.67. The van der Waals surface area contributed by atoms with Crippen LogP contribution in [0.15, 0.2) is 30.3 Å². The third-order valence-corrected chi connectivity index (χ3v) is 6.11. The van der Waals surface area contributed by atoms with E-state index in [1.54, 1.807) is 20.8 Å². The summed E-state index contributed by atoms with van der Waals surface area (Å²) in [5.74, 6) is -0.160. The predicted molar refractivity (Wildman–Crippen MR) is 121 cm³/mol. The molecule has 6 nitrogen and oxygen atoms in total. The summed E-state index contributed by atoms with van der Waals surface area (Å²) >= 11 is 5.82. The molecule has 0 saturated heterocycles. The Hall–Kier alpha value is -1.67. The first-order chi connectivity index (χ1) is 13.6. The van der Waals surface area contributed by atoms with Gasteiger partial charge in [-0.25, -0.2) is 4.79 Å². The summed E-state index contributed by atoms with van der Waals surface area (Å²) in [6, 6.07) is 9.07. The molecule has 1 rings (SSSR count). The normalized spacial score (nSPS) is 13.5. The molecule has 0 aliphatic heterocycles. The molecule has 0 heterocycles. The number of carbonyl (C=O) groups excluding carboxylic acids is 3. The number of hydrogen-bond donors (Lipinski definition) is 3. The molecule has 0 bridgehead atoms. The van der Waals surface area contributed by atoms with Crippen LogP contribution in [-0.4, -0.2) is 47.0 Å². The number of carbonyl (C=O) groups is 3. The monoisotopic (exact) mass is 440 g/mol. The molecule has 2 atom stereocenters. The highest BCUT2D eigenvalue weighted by Gasteiger charge is 2.34. The van der Waals surface area contributed by atoms with Crippen molar-refractivity contribution in [2.75, 3.05) is 12.4 Å². The largest absolute Gasteiger partial charge is 0.464 e. The Morgan fingerprint density at radius 2 is 1.79 bits per heavy atom. The highest BCUT2D eigenvalue weighted by atomic mass is 32.2. The van der Waals surface area contributed by atoms with Crippen molar-refractivity contribution in [2.24, 2.45) is 5.92 Å². The van der Waals surface area contributed by atoms with Gasteiger partial charge in [0.2, 0.25) is 11.8 Å². The van der Waals surface area contributed by atoms with E-state index in [0.717, 1.165) is 5.56 Å². The number of thioether (sulfide) groups is 1. The molecule has 1 aromatic carbocycles. The molecule has 8 heteroatoms. The van der Waals surface area contributed by atoms with Crippen LogP contribution in [0.4, 0.5) is 0 Å². The maximum Gasteiger partial charge on any atom is 0.329 e. The lowest BCUT2D eigenvalue weighted by Gasteiger charge is -2.29. The second kappa shape index (κ2) is 12.1. The topological polar surface area (TPSA) is 84.5 Å². The molecule has 1 aromatic rings. The highest BCUT2D eigenvalue weighted by molar-refractivity contribution is 7.98. The zero-order valence-electron chi connectivity index (χ0n) is 17.7. The summed E-state index contributed by atoms with van der Waals surface area (Å²) in [4.78, 5) is 37.4. The Kier molecular flexibility index (Phi) is 10.6. The van der Waals surface area contributed by atoms with Crippen molar-refractivity contribution in [2.45, 2.75) is 57.2 Å². The molecule has 162 valence electrons. The van der Waals surface area contributed by atoms with Crippen LogP contribution in [0.1, 0.15) is 40.2 Å². The van der Waals surface area contributed by atoms with E-state index in [1.807, 2.05) is 44.2 Å². The van der Waals surface area contributed by atoms with Gasteiger partial charge in [-0.3, -0.25) is 9.59 Å². The minimum Gasteiger partial charge on any atom is -0.464 e. The predicted octanol–water partition coefficient (Wildman–Crippen LogP) is 2.82. The van der Waals surface area contributed by atoms with Crippen LogP contribution in [0, 0.1) is 5.92 Å². The number of amides is 2. The molecule has 2 amide bonds. The fourth-order valence-electron chi connectivity index (χ4n) is 2.36. The first kappa shape index (κ1) is 25.4. The number of benzene rings is 1. The lowest BCUT2D eigenvalue weighted by Crippen LogP contribution is -2.59. The first-order valence-corrected chi connectivity index (χ1v) is 11.3. The summed E-state index contributed by atoms with van der Waals surface area (Å²) in [6.07, 6.45) is 0. The average Bonchev–Trinajstić information content (AvgIpc) is 2.66. The van der Waals surface area contributed by atoms with Crippen molar-refractivity contribution >= 4 is 42.2 Å². The number of ether oxygens (including phenoxy) is 1. The Bertz CT molecular complexity index is 681. The van der Waals surface area contributed by atoms with Gasteiger partial charge in [0.25, 0.3) is 0 Å². The second-order valence-corrected chi connectivity index (χ2v) is 9.17. The lowest BCUT2D eigenvalue weighted by molar-refractivity contribution is -0.147. The van der Waals surface area contributed by atoms with E-state index in [0.29, 0.717) is 11.5 Å². The number of esters is 1. The number of thiol groups is 1. The molecule has 0 aliphatic carbocycles. The second-order valence-electron chi connectivity index (χ2n) is 7.58. The SMILES string of the molecule is CCOC(=O)[C@H](CSCc1ccccc1)NC(=O)C(C)(C)NC(=O)[C@H](S)C(C)C. The van der Waals surface area contributed by atoms with Gasteiger partial charge in [-0.05, 0) is 32.3 Å². The van der Waals surface area contributed by atoms with Gasteiger partial charge in [0, 0.05) is 11.5 Å². The van der Waals surface area contributed by atoms with Crippen molar-refractivity contribution in [1.29, 1.82) is 0 Å². The van der Waals surface area contributed by atoms with Gasteiger partial charge in [0.1, 0.15) is 11.6 Å². The summed E-state index contributed by atoms with van der Waals surface area (Å²) in [5.41, 5.74) is -0.0607. The Balaban J connectivity index is 2.73. The van der Waals surface area contributed by atoms with Gasteiger partial charge in [-0.2, -0.15) is 24.4 Å². The third-order valence-electron chi connectivity index (χ3n) is 4.18. The molecular formula is C21H32N2O4S2. The van der Waals surface area contributed by atoms with Crippen molar-refractivity contribution in [3.8, 4) is 0 Å². The number of nitrogens with one attached hydrogen (secondary N) is 2. The van der Waals surface area contributed by atoms with Crippen molar-refractivity contribution < 1.29 is 19.1 Å². The molecule has 0 aromatic heterocycles. The van der Waals surface area contributed by atoms with Crippen LogP contribution < -0.4 is 10.6 Å². The van der Waals surface area contributed by atoms with Crippen LogP contribution in [-0.2, 0) is 24.9 Å². The molecule has 0 fully saturated rings. The zero-order chi connectivity index (χ0) is 22.0. The molecule has 0 saturated carbocycles. The van der Waals surface area contributed by atoms with E-state index in [4.69, 9.17) is 4.74 Å². The molecule has 2 N–H and O–H groups in total. The Morgan fingerprint density at radius 1 is 1.17 bits per heavy atom. The van der Waals surface area contributed by atoms with Crippen molar-refractivity contribution in [3.63, 3.8) is 0 Å². The van der Waals surface area contributed by atoms with E-state index in [9.17, 15) is 14.4 Å². The smallest absolute Gasteiger partial charge is 0.329 e. The molecule has 0 radical (unpaired) electrons. The summed E-state index contributed by atoms with van der Waals surface area (Å²) in [6.45, 7) is 8.90. The fraction of sp³-hybridized carbons (Fsp3) is 0.571. The summed E-state index contributed by atoms with van der Waals surface area (Å²) < 4.78 is 5.10. The van der Waals surface area contributed by atoms with Crippen LogP contribution in [0.2, 0.25) is 0 Å². The highest BCUT2D eigenvalue weighted by Crippen LogP contribution is 2.15. The molecule has 0 spiro atoms. The van der Waals surface area contributed by atoms with Crippen LogP contribution >= 0.6 is 24.4 Å². The van der Waals surface area contributed by atoms with Crippen molar-refractivity contribution in [1.82, 2.24) is 10.6 Å². The summed E-state index contributed by atoms with van der Waals surface area (Å²) in [5, 5.41) is 4.91. The van der Waals surface area contributed by atoms with Crippen LogP contribution in [0.5, 0.6) is 0 Å². The van der Waals surface area contributed by atoms with Gasteiger partial charge in [-0.15, -0.1) is 0 Å². The average molecular weight is 441 g/mol. The molecule has 29 heavy (non-hydrogen) atoms. The van der Waals surface area contributed by atoms with Gasteiger partial charge in [0.15, 0.2) is 0 Å². The zero-order valence-corrected chi connectivity index (χ0v) is 19.4. The lowest BCUT2D eigenvalue weighted by atomic mass is 10.0. The van der Waals surface area contributed by atoms with E-state index >= 15 is 0 Å². The van der Waals surface area contributed by atoms with E-state index in [1.165, 1.54) is 11.8 Å². The van der Waals surface area contributed by atoms with Gasteiger partial charge in [-0.1, -0.05) is 44.2 Å². The van der Waals surface area contributed by atoms with Crippen LogP contribution in [0.25, 0.3) is 0 Å². The maximum atomic E-state index is 12.8. The Labute approximate surface area is 183 Å². The van der Waals surface area contributed by atoms with Crippen molar-refractivity contribution in [3.05, 3.63) is 35.9 Å². The number of rotatable bonds is 11. The van der Waals surface area contributed by atoms with E-state index in [-0.39, 0.29) is 18.4 Å². The summed E-state index contributed by atoms with van der Waals surface area (Å²) in [7, 11) is 0. The van der Waals surface area contributed by atoms with E-state index in [2.05, 4.69) is 23.3 Å². The third kappa shape index (κ3) is 8.70. The van der Waals surface area contributed by atoms with Gasteiger partial charge < -0.3 is 15.4 Å². The molecule has 0 aliphatic rings. The Morgan fingerprint density at radius 3 is 2.34 bits per heavy atom. The minimum atomic E-state index is -1.19. The van der Waals surface area contributed by atoms with E-state index < -0.39 is 28.7 Å². The standard InChI is InChI=1S/C21H32N2O4S2/c1-6-27-19(25)16(13-29-12-15-10-8-7-9-11-15)22-20(26)21(4,5)23-18(24)17(28)14(2)3/h7-11,14,16-17,28H,6,12-13H2,1-5H3,(H,22,26)(H,23,24)/t16-,17+/m0/s1. The maximum absolute atomic E-state index is 12.8. The molecule has 0 unspecified atom stereocenters. The fourth-order valence-corrected chi connectivity index (χ4v) is 3.43. The van der Waals surface area contributed by atoms with Gasteiger partial charge in [0.05, 0.1) is 11.9 Å².